The fourth-order valence-corrected chi connectivity index (χ4v) is 16.3. The summed E-state index contributed by atoms with van der Waals surface area (Å²) in [4.78, 5) is 43.3. The number of aliphatic hydroxyl groups is 3. The third kappa shape index (κ3) is 11.7. The fourth-order valence-electron chi connectivity index (χ4n) is 16.3. The van der Waals surface area contributed by atoms with Crippen molar-refractivity contribution in [3.63, 3.8) is 0 Å². The summed E-state index contributed by atoms with van der Waals surface area (Å²) < 4.78 is 78.4. The van der Waals surface area contributed by atoms with Crippen LogP contribution in [0.3, 0.4) is 0 Å². The molecule has 11 aromatic rings. The highest BCUT2D eigenvalue weighted by Gasteiger charge is 2.43. The molecule has 3 saturated heterocycles. The molecule has 518 valence electrons. The third-order valence-corrected chi connectivity index (χ3v) is 21.5. The lowest BCUT2D eigenvalue weighted by molar-refractivity contribution is -0.119. The Morgan fingerprint density at radius 2 is 0.850 bits per heavy atom. The van der Waals surface area contributed by atoms with Crippen LogP contribution in [0.25, 0.3) is 66.5 Å². The molecule has 0 bridgehead atoms. The van der Waals surface area contributed by atoms with Crippen molar-refractivity contribution >= 4 is 56.3 Å². The van der Waals surface area contributed by atoms with Crippen molar-refractivity contribution in [2.24, 2.45) is 17.8 Å². The van der Waals surface area contributed by atoms with Gasteiger partial charge in [-0.3, -0.25) is 9.59 Å². The van der Waals surface area contributed by atoms with E-state index < -0.39 is 29.3 Å². The molecule has 4 N–H and O–H groups in total. The summed E-state index contributed by atoms with van der Waals surface area (Å²) >= 11 is 0. The zero-order chi connectivity index (χ0) is 69.7. The normalized spacial score (nSPS) is 22.7. The van der Waals surface area contributed by atoms with E-state index in [1.165, 1.54) is 17.0 Å². The summed E-state index contributed by atoms with van der Waals surface area (Å²) in [7, 11) is 0. The van der Waals surface area contributed by atoms with Crippen LogP contribution in [0.2, 0.25) is 0 Å². The van der Waals surface area contributed by atoms with Crippen LogP contribution in [0.1, 0.15) is 165 Å². The lowest BCUT2D eigenvalue weighted by Gasteiger charge is -2.38. The zero-order valence-electron chi connectivity index (χ0n) is 56.5. The first kappa shape index (κ1) is 66.1. The van der Waals surface area contributed by atoms with Crippen molar-refractivity contribution in [1.82, 2.24) is 49.4 Å². The smallest absolute Gasteiger partial charge is 0.227 e. The summed E-state index contributed by atoms with van der Waals surface area (Å²) in [5.74, 6) is 1.91. The largest absolute Gasteiger partial charge is 0.396 e. The number of benzene rings is 5. The lowest BCUT2D eigenvalue weighted by Crippen LogP contribution is -2.34. The standard InChI is InChI=1S/C28H28F2N4O2.C27H26F2N4O3.C21H24N4O3/c1-15-4-8-26(33(15)20-6-7-22(29)23(30)13-20)28-31-24-12-19(27-16(2)32-36-17(27)3)5-9-25(24)34(28)21-10-18(11-21)14-35;1-14-26(15(2)36-31-14)17-3-6-23-22(11-17)30-27(33(23)19-9-16(10-19)13-34)24-7-8-25(35)32(24)18-4-5-20(28)21(29)12-18;1-11-20(12(2)28-24-11)14-3-5-18-17(9-14)23-21(16-4-6-19(27)22-16)25(18)15-7-13(8-15)10-26/h5-7,9,12-13,18,21,26,35H,1,4,8,10-11,14H2,2-3H3;3-6,11-12,16,19,24,34H,7-10,13H2,1-2H3;3,5,9,13,15-16,26H,4,6-8,10H2,1-2H3,(H,22,27)/t18?,21?,26-;16?,19?,24-;13?,15?,16-/m000/s1. The minimum atomic E-state index is -0.992. The molecule has 17 rings (SSSR count). The fraction of sp³-hybridized carbons (Fsp3) is 0.395. The van der Waals surface area contributed by atoms with Gasteiger partial charge in [-0.2, -0.15) is 0 Å². The number of carbonyl (C=O) groups is 2. The maximum absolute atomic E-state index is 14.2. The van der Waals surface area contributed by atoms with Gasteiger partial charge in [0.15, 0.2) is 23.3 Å². The Kier molecular flexibility index (Phi) is 17.4. The molecule has 9 heterocycles. The molecular weight excluding hydrogens is 1280 g/mol. The molecule has 3 aliphatic carbocycles. The van der Waals surface area contributed by atoms with Crippen molar-refractivity contribution < 1.29 is 56.0 Å². The summed E-state index contributed by atoms with van der Waals surface area (Å²) in [6.45, 7) is 16.2. The Morgan fingerprint density at radius 3 is 1.22 bits per heavy atom. The average Bonchev–Trinajstić information content (AvgIpc) is 1.56. The maximum atomic E-state index is 14.2. The summed E-state index contributed by atoms with van der Waals surface area (Å²) in [5, 5.41) is 44.0. The molecular formula is C76H78F4N12O8. The predicted octanol–water partition coefficient (Wildman–Crippen LogP) is 15.0. The second-order valence-corrected chi connectivity index (χ2v) is 27.9. The van der Waals surface area contributed by atoms with Crippen LogP contribution >= 0.6 is 0 Å². The minimum Gasteiger partial charge on any atom is -0.396 e. The number of aliphatic hydroxyl groups excluding tert-OH is 3. The predicted molar refractivity (Wildman–Crippen MR) is 367 cm³/mol. The molecule has 6 fully saturated rings. The van der Waals surface area contributed by atoms with E-state index >= 15 is 0 Å². The van der Waals surface area contributed by atoms with Crippen LogP contribution in [0.15, 0.2) is 117 Å². The van der Waals surface area contributed by atoms with Gasteiger partial charge in [0.2, 0.25) is 11.8 Å². The first-order chi connectivity index (χ1) is 48.2. The number of hydrogen-bond acceptors (Lipinski definition) is 15. The molecule has 24 heteroatoms. The van der Waals surface area contributed by atoms with E-state index in [-0.39, 0.29) is 67.6 Å². The number of hydrogen-bond donors (Lipinski definition) is 4. The topological polar surface area (TPSA) is 245 Å². The summed E-state index contributed by atoms with van der Waals surface area (Å²) in [6.07, 6.45) is 8.90. The molecule has 3 aliphatic heterocycles. The van der Waals surface area contributed by atoms with Crippen LogP contribution < -0.4 is 15.1 Å². The van der Waals surface area contributed by atoms with Crippen LogP contribution in [0.4, 0.5) is 28.9 Å². The van der Waals surface area contributed by atoms with Crippen molar-refractivity contribution in [3.05, 3.63) is 178 Å². The van der Waals surface area contributed by atoms with Crippen molar-refractivity contribution in [2.75, 3.05) is 29.6 Å². The van der Waals surface area contributed by atoms with E-state index in [9.17, 15) is 42.5 Å². The highest BCUT2D eigenvalue weighted by atomic mass is 19.2. The van der Waals surface area contributed by atoms with Gasteiger partial charge in [-0.05, 0) is 201 Å². The minimum absolute atomic E-state index is 0.0457. The molecule has 3 atom stereocenters. The Hall–Kier alpha value is -9.78. The van der Waals surface area contributed by atoms with Gasteiger partial charge < -0.3 is 57.7 Å². The molecule has 0 spiro atoms. The Balaban J connectivity index is 0.000000123. The quantitative estimate of drug-likeness (QED) is 0.0740. The molecule has 2 amide bonds. The van der Waals surface area contributed by atoms with E-state index in [1.54, 1.807) is 6.07 Å². The number of allylic oxidation sites excluding steroid dienone is 1. The number of rotatable bonds is 14. The van der Waals surface area contributed by atoms with Crippen LogP contribution in [-0.2, 0) is 9.59 Å². The molecule has 0 radical (unpaired) electrons. The van der Waals surface area contributed by atoms with Gasteiger partial charge in [-0.25, -0.2) is 32.5 Å². The van der Waals surface area contributed by atoms with Crippen LogP contribution in [-0.4, -0.2) is 91.1 Å². The molecule has 5 aromatic carbocycles. The van der Waals surface area contributed by atoms with Crippen molar-refractivity contribution in [1.29, 1.82) is 0 Å². The molecule has 3 saturated carbocycles. The maximum Gasteiger partial charge on any atom is 0.227 e. The Morgan fingerprint density at radius 1 is 0.470 bits per heavy atom. The third-order valence-electron chi connectivity index (χ3n) is 21.5. The molecule has 6 aromatic heterocycles. The summed E-state index contributed by atoms with van der Waals surface area (Å²) in [5.41, 5.74) is 15.7. The monoisotopic (exact) mass is 1360 g/mol. The van der Waals surface area contributed by atoms with E-state index in [0.29, 0.717) is 42.6 Å². The number of halogens is 4. The number of aromatic nitrogens is 9. The number of imidazole rings is 3. The highest BCUT2D eigenvalue weighted by Crippen LogP contribution is 2.50. The van der Waals surface area contributed by atoms with Gasteiger partial charge in [0, 0.05) is 96.7 Å². The lowest BCUT2D eigenvalue weighted by atomic mass is 9.80. The number of fused-ring (bicyclic) bond motifs is 3. The van der Waals surface area contributed by atoms with Gasteiger partial charge in [-0.1, -0.05) is 40.2 Å². The second-order valence-electron chi connectivity index (χ2n) is 27.9. The molecule has 6 aliphatic rings. The van der Waals surface area contributed by atoms with Gasteiger partial charge in [0.05, 0.1) is 68.3 Å². The number of carbonyl (C=O) groups excluding carboxylic acids is 2. The van der Waals surface area contributed by atoms with Gasteiger partial charge in [-0.15, -0.1) is 0 Å². The Labute approximate surface area is 573 Å². The SMILES string of the molecule is C=C1CC[C@@H](c2nc3cc(-c4c(C)noc4C)ccc3n2C2CC(CO)C2)N1c1ccc(F)c(F)c1.Cc1noc(C)c1-c1ccc2c(c1)nc([C@@H]1CCC(=O)N1)n2C1CC(CO)C1.Cc1noc(C)c1-c1ccc2c(c1)nc([C@@H]1CCC(=O)N1c1ccc(F)c(F)c1)n2C1CC(CO)C1. The highest BCUT2D eigenvalue weighted by molar-refractivity contribution is 5.97. The number of amides is 2. The van der Waals surface area contributed by atoms with E-state index in [1.807, 2.05) is 64.6 Å². The number of anilines is 2. The summed E-state index contributed by atoms with van der Waals surface area (Å²) in [6, 6.07) is 26.1. The average molecular weight is 1360 g/mol. The van der Waals surface area contributed by atoms with Crippen molar-refractivity contribution in [2.45, 2.75) is 155 Å². The van der Waals surface area contributed by atoms with E-state index in [4.69, 9.17) is 28.5 Å². The van der Waals surface area contributed by atoms with E-state index in [2.05, 4.69) is 77.5 Å². The van der Waals surface area contributed by atoms with E-state index in [0.717, 1.165) is 200 Å². The first-order valence-electron chi connectivity index (χ1n) is 34.4. The zero-order valence-corrected chi connectivity index (χ0v) is 56.5. The number of nitrogens with one attached hydrogen (secondary N) is 1. The van der Waals surface area contributed by atoms with Gasteiger partial charge >= 0.3 is 0 Å². The van der Waals surface area contributed by atoms with Crippen molar-refractivity contribution in [3.8, 4) is 33.4 Å². The Bertz CT molecular complexity index is 4730. The van der Waals surface area contributed by atoms with Crippen LogP contribution in [0.5, 0.6) is 0 Å². The molecule has 20 nitrogen and oxygen atoms in total. The van der Waals surface area contributed by atoms with Gasteiger partial charge in [0.1, 0.15) is 34.8 Å². The first-order valence-corrected chi connectivity index (χ1v) is 34.4. The van der Waals surface area contributed by atoms with Crippen LogP contribution in [0, 0.1) is 82.6 Å². The number of aryl methyl sites for hydroxylation is 6. The molecule has 100 heavy (non-hydrogen) atoms. The molecule has 0 unspecified atom stereocenters. The van der Waals surface area contributed by atoms with Gasteiger partial charge in [0.25, 0.3) is 0 Å². The second kappa shape index (κ2) is 26.4. The number of nitrogens with zero attached hydrogens (tertiary/aromatic N) is 11.